The quantitative estimate of drug-likeness (QED) is 0.697. The fourth-order valence-electron chi connectivity index (χ4n) is 2.02. The third-order valence-electron chi connectivity index (χ3n) is 4.46. The Morgan fingerprint density at radius 3 is 2.50 bits per heavy atom. The number of hydrogen-bond acceptors (Lipinski definition) is 1. The number of aromatic amines is 1. The van der Waals surface area contributed by atoms with Gasteiger partial charge in [0.1, 0.15) is 0 Å². The van der Waals surface area contributed by atoms with Crippen LogP contribution in [0.3, 0.4) is 0 Å². The standard InChI is InChI=1S/C16H24BrNOSi/c1-11-9-18-15-12(7-8-13(17)14(11)15)10-19-20(5,6)16(2,3)4/h7-9,18H,10H2,1-6H3. The number of fused-ring (bicyclic) bond motifs is 1. The van der Waals surface area contributed by atoms with Crippen LogP contribution in [0.15, 0.2) is 22.8 Å². The number of hydrogen-bond donors (Lipinski definition) is 1. The summed E-state index contributed by atoms with van der Waals surface area (Å²) in [5.74, 6) is 0. The van der Waals surface area contributed by atoms with Gasteiger partial charge in [-0.05, 0) is 36.7 Å². The molecule has 110 valence electrons. The highest BCUT2D eigenvalue weighted by Gasteiger charge is 2.37. The SMILES string of the molecule is Cc1c[nH]c2c(CO[Si](C)(C)C(C)(C)C)ccc(Br)c12. The Morgan fingerprint density at radius 1 is 1.25 bits per heavy atom. The number of halogens is 1. The number of aromatic nitrogens is 1. The molecular weight excluding hydrogens is 330 g/mol. The lowest BCUT2D eigenvalue weighted by Crippen LogP contribution is -2.40. The predicted octanol–water partition coefficient (Wildman–Crippen LogP) is 5.76. The fraction of sp³-hybridized carbons (Fsp3) is 0.500. The van der Waals surface area contributed by atoms with Crippen LogP contribution in [0, 0.1) is 6.92 Å². The maximum Gasteiger partial charge on any atom is 0.192 e. The molecule has 0 radical (unpaired) electrons. The summed E-state index contributed by atoms with van der Waals surface area (Å²) in [4.78, 5) is 3.38. The summed E-state index contributed by atoms with van der Waals surface area (Å²) in [7, 11) is -1.71. The van der Waals surface area contributed by atoms with E-state index in [0.29, 0.717) is 6.61 Å². The van der Waals surface area contributed by atoms with E-state index in [1.54, 1.807) is 0 Å². The van der Waals surface area contributed by atoms with Gasteiger partial charge < -0.3 is 9.41 Å². The van der Waals surface area contributed by atoms with Crippen LogP contribution in [0.5, 0.6) is 0 Å². The molecule has 2 aromatic rings. The van der Waals surface area contributed by atoms with Gasteiger partial charge in [-0.25, -0.2) is 0 Å². The third kappa shape index (κ3) is 2.87. The minimum Gasteiger partial charge on any atom is -0.412 e. The van der Waals surface area contributed by atoms with Crippen LogP contribution in [0.1, 0.15) is 31.9 Å². The van der Waals surface area contributed by atoms with Gasteiger partial charge in [-0.2, -0.15) is 0 Å². The van der Waals surface area contributed by atoms with Crippen LogP contribution in [0.4, 0.5) is 0 Å². The molecule has 0 amide bonds. The zero-order chi connectivity index (χ0) is 15.1. The van der Waals surface area contributed by atoms with Gasteiger partial charge in [0.15, 0.2) is 8.32 Å². The third-order valence-corrected chi connectivity index (χ3v) is 9.60. The van der Waals surface area contributed by atoms with E-state index in [0.717, 1.165) is 4.47 Å². The zero-order valence-electron chi connectivity index (χ0n) is 13.2. The molecular formula is C16H24BrNOSi. The molecule has 0 aliphatic rings. The van der Waals surface area contributed by atoms with Crippen molar-refractivity contribution in [1.29, 1.82) is 0 Å². The van der Waals surface area contributed by atoms with E-state index < -0.39 is 8.32 Å². The average Bonchev–Trinajstić information content (AvgIpc) is 2.70. The summed E-state index contributed by atoms with van der Waals surface area (Å²) in [6.07, 6.45) is 2.06. The summed E-state index contributed by atoms with van der Waals surface area (Å²) in [5, 5.41) is 1.51. The van der Waals surface area contributed by atoms with Crippen LogP contribution in [0.25, 0.3) is 10.9 Å². The van der Waals surface area contributed by atoms with Crippen molar-refractivity contribution in [2.24, 2.45) is 0 Å². The molecule has 2 nitrogen and oxygen atoms in total. The average molecular weight is 354 g/mol. The normalized spacial score (nSPS) is 13.2. The van der Waals surface area contributed by atoms with Gasteiger partial charge in [-0.1, -0.05) is 42.8 Å². The first-order valence-corrected chi connectivity index (χ1v) is 10.7. The van der Waals surface area contributed by atoms with Crippen molar-refractivity contribution >= 4 is 35.2 Å². The highest BCUT2D eigenvalue weighted by molar-refractivity contribution is 9.10. The summed E-state index contributed by atoms with van der Waals surface area (Å²) >= 11 is 3.63. The Bertz CT molecular complexity index is 625. The van der Waals surface area contributed by atoms with Gasteiger partial charge in [-0.3, -0.25) is 0 Å². The first kappa shape index (κ1) is 15.8. The molecule has 0 aliphatic carbocycles. The predicted molar refractivity (Wildman–Crippen MR) is 92.7 cm³/mol. The number of rotatable bonds is 3. The largest absolute Gasteiger partial charge is 0.412 e. The summed E-state index contributed by atoms with van der Waals surface area (Å²) < 4.78 is 7.48. The molecule has 0 unspecified atom stereocenters. The van der Waals surface area contributed by atoms with Crippen molar-refractivity contribution in [1.82, 2.24) is 4.98 Å². The first-order chi connectivity index (χ1) is 9.13. The highest BCUT2D eigenvalue weighted by Crippen LogP contribution is 2.38. The Morgan fingerprint density at radius 2 is 1.90 bits per heavy atom. The number of nitrogens with one attached hydrogen (secondary N) is 1. The molecule has 2 rings (SSSR count). The maximum absolute atomic E-state index is 6.34. The topological polar surface area (TPSA) is 25.0 Å². The van der Waals surface area contributed by atoms with Crippen LogP contribution >= 0.6 is 15.9 Å². The number of aryl methyl sites for hydroxylation is 1. The van der Waals surface area contributed by atoms with E-state index in [1.165, 1.54) is 22.0 Å². The monoisotopic (exact) mass is 353 g/mol. The zero-order valence-corrected chi connectivity index (χ0v) is 15.8. The maximum atomic E-state index is 6.34. The summed E-state index contributed by atoms with van der Waals surface area (Å²) in [6.45, 7) is 14.2. The second-order valence-electron chi connectivity index (χ2n) is 6.98. The molecule has 1 N–H and O–H groups in total. The van der Waals surface area contributed by atoms with Crippen molar-refractivity contribution in [2.45, 2.75) is 52.4 Å². The van der Waals surface area contributed by atoms with Gasteiger partial charge in [0.25, 0.3) is 0 Å². The van der Waals surface area contributed by atoms with Crippen LogP contribution in [-0.2, 0) is 11.0 Å². The van der Waals surface area contributed by atoms with Crippen LogP contribution in [0.2, 0.25) is 18.1 Å². The molecule has 0 spiro atoms. The molecule has 0 atom stereocenters. The minimum atomic E-state index is -1.71. The fourth-order valence-corrected chi connectivity index (χ4v) is 3.61. The van der Waals surface area contributed by atoms with Crippen molar-refractivity contribution < 1.29 is 4.43 Å². The molecule has 1 aromatic heterocycles. The van der Waals surface area contributed by atoms with Crippen LogP contribution in [-0.4, -0.2) is 13.3 Å². The van der Waals surface area contributed by atoms with Crippen LogP contribution < -0.4 is 0 Å². The molecule has 0 fully saturated rings. The second-order valence-corrected chi connectivity index (χ2v) is 12.6. The van der Waals surface area contributed by atoms with E-state index in [-0.39, 0.29) is 5.04 Å². The smallest absolute Gasteiger partial charge is 0.192 e. The molecule has 0 bridgehead atoms. The molecule has 0 saturated carbocycles. The molecule has 0 saturated heterocycles. The van der Waals surface area contributed by atoms with Gasteiger partial charge >= 0.3 is 0 Å². The van der Waals surface area contributed by atoms with Gasteiger partial charge in [0.05, 0.1) is 12.1 Å². The summed E-state index contributed by atoms with van der Waals surface area (Å²) in [5.41, 5.74) is 3.69. The lowest BCUT2D eigenvalue weighted by atomic mass is 10.1. The van der Waals surface area contributed by atoms with Crippen molar-refractivity contribution in [2.75, 3.05) is 0 Å². The van der Waals surface area contributed by atoms with E-state index in [1.807, 2.05) is 0 Å². The Labute approximate surface area is 131 Å². The molecule has 20 heavy (non-hydrogen) atoms. The number of benzene rings is 1. The molecule has 1 heterocycles. The van der Waals surface area contributed by atoms with E-state index in [9.17, 15) is 0 Å². The van der Waals surface area contributed by atoms with Crippen molar-refractivity contribution in [3.05, 3.63) is 33.9 Å². The highest BCUT2D eigenvalue weighted by atomic mass is 79.9. The van der Waals surface area contributed by atoms with Crippen molar-refractivity contribution in [3.63, 3.8) is 0 Å². The van der Waals surface area contributed by atoms with Crippen molar-refractivity contribution in [3.8, 4) is 0 Å². The molecule has 1 aromatic carbocycles. The van der Waals surface area contributed by atoms with Gasteiger partial charge in [0.2, 0.25) is 0 Å². The minimum absolute atomic E-state index is 0.243. The van der Waals surface area contributed by atoms with E-state index >= 15 is 0 Å². The second kappa shape index (κ2) is 5.32. The molecule has 4 heteroatoms. The Balaban J connectivity index is 2.30. The Hall–Kier alpha value is -0.583. The molecule has 0 aliphatic heterocycles. The van der Waals surface area contributed by atoms with Gasteiger partial charge in [-0.15, -0.1) is 0 Å². The van der Waals surface area contributed by atoms with Gasteiger partial charge in [0, 0.05) is 21.6 Å². The Kier molecular flexibility index (Phi) is 4.20. The van der Waals surface area contributed by atoms with E-state index in [4.69, 9.17) is 4.43 Å². The van der Waals surface area contributed by atoms with E-state index in [2.05, 4.69) is 80.0 Å². The summed E-state index contributed by atoms with van der Waals surface area (Å²) in [6, 6.07) is 4.27. The lowest BCUT2D eigenvalue weighted by molar-refractivity contribution is 0.277. The first-order valence-electron chi connectivity index (χ1n) is 7.02. The number of H-pyrrole nitrogens is 1. The lowest BCUT2D eigenvalue weighted by Gasteiger charge is -2.36.